The maximum absolute atomic E-state index is 4.35. The summed E-state index contributed by atoms with van der Waals surface area (Å²) < 4.78 is 2.10. The maximum atomic E-state index is 4.35. The van der Waals surface area contributed by atoms with Crippen LogP contribution in [0.25, 0.3) is 0 Å². The van der Waals surface area contributed by atoms with Crippen LogP contribution in [0.5, 0.6) is 0 Å². The molecule has 1 heterocycles. The first kappa shape index (κ1) is 13.2. The lowest BCUT2D eigenvalue weighted by Gasteiger charge is -2.23. The Bertz CT molecular complexity index is 304. The third kappa shape index (κ3) is 3.97. The number of aromatic nitrogens is 2. The summed E-state index contributed by atoms with van der Waals surface area (Å²) in [5.41, 5.74) is 0. The van der Waals surface area contributed by atoms with Gasteiger partial charge in [0.1, 0.15) is 5.82 Å². The van der Waals surface area contributed by atoms with E-state index in [9.17, 15) is 0 Å². The van der Waals surface area contributed by atoms with E-state index >= 15 is 0 Å². The van der Waals surface area contributed by atoms with Gasteiger partial charge in [-0.25, -0.2) is 4.98 Å². The summed E-state index contributed by atoms with van der Waals surface area (Å²) >= 11 is 0. The highest BCUT2D eigenvalue weighted by Gasteiger charge is 2.13. The van der Waals surface area contributed by atoms with Crippen LogP contribution in [0.1, 0.15) is 39.9 Å². The monoisotopic (exact) mass is 223 g/mol. The van der Waals surface area contributed by atoms with Crippen LogP contribution in [0.4, 0.5) is 0 Å². The Morgan fingerprint density at radius 3 is 2.50 bits per heavy atom. The van der Waals surface area contributed by atoms with Gasteiger partial charge in [0, 0.05) is 37.9 Å². The van der Waals surface area contributed by atoms with Crippen molar-refractivity contribution in [2.45, 2.75) is 52.6 Å². The van der Waals surface area contributed by atoms with Crippen molar-refractivity contribution in [3.8, 4) is 0 Å². The van der Waals surface area contributed by atoms with Crippen molar-refractivity contribution < 1.29 is 0 Å². The van der Waals surface area contributed by atoms with Crippen molar-refractivity contribution in [2.24, 2.45) is 13.0 Å². The second-order valence-corrected chi connectivity index (χ2v) is 5.08. The number of hydrogen-bond acceptors (Lipinski definition) is 2. The summed E-state index contributed by atoms with van der Waals surface area (Å²) in [6, 6.07) is 1.13. The number of aryl methyl sites for hydroxylation is 2. The number of nitrogens with zero attached hydrogens (tertiary/aromatic N) is 2. The molecule has 0 aliphatic heterocycles. The van der Waals surface area contributed by atoms with Crippen LogP contribution < -0.4 is 5.32 Å². The molecule has 0 saturated heterocycles. The third-order valence-electron chi connectivity index (χ3n) is 3.19. The lowest BCUT2D eigenvalue weighted by atomic mass is 9.97. The zero-order valence-corrected chi connectivity index (χ0v) is 11.2. The summed E-state index contributed by atoms with van der Waals surface area (Å²) in [5, 5.41) is 3.56. The molecule has 0 aromatic carbocycles. The lowest BCUT2D eigenvalue weighted by Crippen LogP contribution is -2.37. The first-order valence-corrected chi connectivity index (χ1v) is 6.23. The number of imidazole rings is 1. The zero-order valence-electron chi connectivity index (χ0n) is 11.2. The molecule has 0 bridgehead atoms. The zero-order chi connectivity index (χ0) is 12.1. The van der Waals surface area contributed by atoms with Gasteiger partial charge in [-0.2, -0.15) is 0 Å². The number of hydrogen-bond donors (Lipinski definition) is 1. The molecule has 1 rings (SSSR count). The molecule has 0 fully saturated rings. The molecule has 3 nitrogen and oxygen atoms in total. The van der Waals surface area contributed by atoms with Crippen LogP contribution in [0, 0.1) is 5.92 Å². The van der Waals surface area contributed by atoms with Crippen molar-refractivity contribution >= 4 is 0 Å². The highest BCUT2D eigenvalue weighted by molar-refractivity contribution is 4.91. The molecule has 92 valence electrons. The van der Waals surface area contributed by atoms with E-state index in [1.54, 1.807) is 0 Å². The second-order valence-electron chi connectivity index (χ2n) is 5.08. The van der Waals surface area contributed by atoms with Gasteiger partial charge in [0.05, 0.1) is 0 Å². The van der Waals surface area contributed by atoms with Gasteiger partial charge in [0.2, 0.25) is 0 Å². The number of nitrogens with one attached hydrogen (secondary N) is 1. The minimum absolute atomic E-state index is 0.561. The molecule has 1 aromatic rings. The van der Waals surface area contributed by atoms with Crippen molar-refractivity contribution in [3.63, 3.8) is 0 Å². The molecule has 0 radical (unpaired) electrons. The Hall–Kier alpha value is -0.830. The second kappa shape index (κ2) is 6.04. The van der Waals surface area contributed by atoms with E-state index in [2.05, 4.69) is 49.6 Å². The topological polar surface area (TPSA) is 29.9 Å². The maximum Gasteiger partial charge on any atom is 0.108 e. The molecule has 3 heteroatoms. The third-order valence-corrected chi connectivity index (χ3v) is 3.19. The molecular weight excluding hydrogens is 198 g/mol. The fourth-order valence-electron chi connectivity index (χ4n) is 1.93. The molecule has 1 aromatic heterocycles. The van der Waals surface area contributed by atoms with Gasteiger partial charge in [-0.05, 0) is 19.3 Å². The van der Waals surface area contributed by atoms with Gasteiger partial charge in [0.15, 0.2) is 0 Å². The Kier molecular flexibility index (Phi) is 5.00. The van der Waals surface area contributed by atoms with Crippen LogP contribution >= 0.6 is 0 Å². The van der Waals surface area contributed by atoms with E-state index in [1.807, 2.05) is 12.4 Å². The molecule has 16 heavy (non-hydrogen) atoms. The van der Waals surface area contributed by atoms with E-state index in [1.165, 1.54) is 12.2 Å². The smallest absolute Gasteiger partial charge is 0.108 e. The summed E-state index contributed by atoms with van der Waals surface area (Å²) in [4.78, 5) is 4.35. The van der Waals surface area contributed by atoms with E-state index in [4.69, 9.17) is 0 Å². The number of rotatable bonds is 6. The summed E-state index contributed by atoms with van der Waals surface area (Å²) in [7, 11) is 2.06. The highest BCUT2D eigenvalue weighted by Crippen LogP contribution is 2.12. The minimum atomic E-state index is 0.561. The fraction of sp³-hybridized carbons (Fsp3) is 0.769. The molecule has 2 atom stereocenters. The van der Waals surface area contributed by atoms with Gasteiger partial charge in [-0.3, -0.25) is 0 Å². The summed E-state index contributed by atoms with van der Waals surface area (Å²) in [5.74, 6) is 1.86. The van der Waals surface area contributed by atoms with Crippen LogP contribution in [-0.2, 0) is 13.5 Å². The van der Waals surface area contributed by atoms with E-state index in [-0.39, 0.29) is 0 Å². The Labute approximate surface area is 99.3 Å². The quantitative estimate of drug-likeness (QED) is 0.802. The Morgan fingerprint density at radius 1 is 1.31 bits per heavy atom. The van der Waals surface area contributed by atoms with E-state index in [0.717, 1.165) is 6.42 Å². The molecule has 0 aliphatic rings. The first-order chi connectivity index (χ1) is 7.50. The highest BCUT2D eigenvalue weighted by atomic mass is 15.0. The normalized spacial score (nSPS) is 15.4. The van der Waals surface area contributed by atoms with Gasteiger partial charge in [-0.1, -0.05) is 20.8 Å². The Balaban J connectivity index is 2.35. The van der Waals surface area contributed by atoms with Crippen LogP contribution in [-0.4, -0.2) is 21.6 Å². The predicted octanol–water partition coefficient (Wildman–Crippen LogP) is 2.38. The van der Waals surface area contributed by atoms with Crippen LogP contribution in [0.15, 0.2) is 12.4 Å². The summed E-state index contributed by atoms with van der Waals surface area (Å²) in [6.07, 6.45) is 6.13. The molecule has 0 aliphatic carbocycles. The van der Waals surface area contributed by atoms with Crippen molar-refractivity contribution in [1.29, 1.82) is 0 Å². The Morgan fingerprint density at radius 2 is 2.00 bits per heavy atom. The molecule has 0 spiro atoms. The van der Waals surface area contributed by atoms with Crippen LogP contribution in [0.3, 0.4) is 0 Å². The average Bonchev–Trinajstić information content (AvgIpc) is 2.59. The SMILES string of the molecule is CC(C)NC(C)C(C)CCc1nccn1C. The van der Waals surface area contributed by atoms with Gasteiger partial charge in [-0.15, -0.1) is 0 Å². The fourth-order valence-corrected chi connectivity index (χ4v) is 1.93. The average molecular weight is 223 g/mol. The first-order valence-electron chi connectivity index (χ1n) is 6.23. The predicted molar refractivity (Wildman–Crippen MR) is 68.4 cm³/mol. The van der Waals surface area contributed by atoms with Gasteiger partial charge >= 0.3 is 0 Å². The molecule has 2 unspecified atom stereocenters. The molecule has 0 amide bonds. The van der Waals surface area contributed by atoms with Gasteiger partial charge < -0.3 is 9.88 Å². The molecule has 0 saturated carbocycles. The standard InChI is InChI=1S/C13H25N3/c1-10(2)15-12(4)11(3)6-7-13-14-8-9-16(13)5/h8-12,15H,6-7H2,1-5H3. The summed E-state index contributed by atoms with van der Waals surface area (Å²) in [6.45, 7) is 8.97. The van der Waals surface area contributed by atoms with E-state index < -0.39 is 0 Å². The van der Waals surface area contributed by atoms with Crippen LogP contribution in [0.2, 0.25) is 0 Å². The van der Waals surface area contributed by atoms with E-state index in [0.29, 0.717) is 18.0 Å². The van der Waals surface area contributed by atoms with Crippen molar-refractivity contribution in [1.82, 2.24) is 14.9 Å². The van der Waals surface area contributed by atoms with Crippen molar-refractivity contribution in [2.75, 3.05) is 0 Å². The molecule has 1 N–H and O–H groups in total. The minimum Gasteiger partial charge on any atom is -0.338 e. The van der Waals surface area contributed by atoms with Crippen molar-refractivity contribution in [3.05, 3.63) is 18.2 Å². The van der Waals surface area contributed by atoms with Gasteiger partial charge in [0.25, 0.3) is 0 Å². The lowest BCUT2D eigenvalue weighted by molar-refractivity contribution is 0.354. The molecular formula is C13H25N3. The largest absolute Gasteiger partial charge is 0.338 e.